The van der Waals surface area contributed by atoms with Crippen molar-refractivity contribution in [1.82, 2.24) is 0 Å². The van der Waals surface area contributed by atoms with Gasteiger partial charge in [0.2, 0.25) is 0 Å². The lowest BCUT2D eigenvalue weighted by atomic mass is 9.78. The van der Waals surface area contributed by atoms with E-state index in [1.165, 1.54) is 10.8 Å². The van der Waals surface area contributed by atoms with Crippen molar-refractivity contribution in [2.75, 3.05) is 13.2 Å². The first kappa shape index (κ1) is 16.2. The molecule has 0 N–H and O–H groups in total. The fraction of sp³-hybridized carbons (Fsp3) is 0.409. The number of allylic oxidation sites excluding steroid dienone is 2. The smallest absolute Gasteiger partial charge is 0.312 e. The van der Waals surface area contributed by atoms with Gasteiger partial charge in [-0.1, -0.05) is 42.5 Å². The van der Waals surface area contributed by atoms with Gasteiger partial charge in [-0.25, -0.2) is 0 Å². The Bertz CT molecular complexity index is 810. The maximum Gasteiger partial charge on any atom is 0.312 e. The van der Waals surface area contributed by atoms with Crippen LogP contribution >= 0.6 is 0 Å². The molecule has 2 aliphatic rings. The van der Waals surface area contributed by atoms with Crippen molar-refractivity contribution in [3.63, 3.8) is 0 Å². The monoisotopic (exact) mass is 336 g/mol. The zero-order valence-electron chi connectivity index (χ0n) is 14.6. The highest BCUT2D eigenvalue weighted by molar-refractivity contribution is 5.83. The summed E-state index contributed by atoms with van der Waals surface area (Å²) < 4.78 is 11.3. The number of hydrogen-bond acceptors (Lipinski definition) is 3. The SMILES string of the molecule is CC1(C(=O)OCCCOc2ccc3ccccc3c2)CC2C=CC1C2. The van der Waals surface area contributed by atoms with E-state index in [1.807, 2.05) is 24.3 Å². The first-order chi connectivity index (χ1) is 12.1. The molecule has 0 aromatic heterocycles. The highest BCUT2D eigenvalue weighted by atomic mass is 16.5. The van der Waals surface area contributed by atoms with Crippen molar-refractivity contribution in [2.24, 2.45) is 17.3 Å². The fourth-order valence-corrected chi connectivity index (χ4v) is 4.17. The molecule has 130 valence electrons. The molecule has 0 aliphatic heterocycles. The minimum absolute atomic E-state index is 0.0462. The molecule has 3 atom stereocenters. The molecule has 2 bridgehead atoms. The summed E-state index contributed by atoms with van der Waals surface area (Å²) in [6.45, 7) is 3.02. The molecule has 3 unspecified atom stereocenters. The van der Waals surface area contributed by atoms with Crippen molar-refractivity contribution in [3.8, 4) is 5.75 Å². The van der Waals surface area contributed by atoms with Gasteiger partial charge in [0.1, 0.15) is 5.75 Å². The second kappa shape index (κ2) is 6.55. The predicted octanol–water partition coefficient (Wildman–Crippen LogP) is 4.75. The number of hydrogen-bond donors (Lipinski definition) is 0. The number of benzene rings is 2. The third-order valence-electron chi connectivity index (χ3n) is 5.65. The summed E-state index contributed by atoms with van der Waals surface area (Å²) in [5, 5.41) is 2.38. The minimum atomic E-state index is -0.321. The van der Waals surface area contributed by atoms with Gasteiger partial charge in [0.25, 0.3) is 0 Å². The summed E-state index contributed by atoms with van der Waals surface area (Å²) in [5.41, 5.74) is -0.321. The Morgan fingerprint density at radius 2 is 1.96 bits per heavy atom. The number of esters is 1. The van der Waals surface area contributed by atoms with Crippen molar-refractivity contribution in [1.29, 1.82) is 0 Å². The van der Waals surface area contributed by atoms with E-state index >= 15 is 0 Å². The molecule has 2 aromatic rings. The highest BCUT2D eigenvalue weighted by Crippen LogP contribution is 2.52. The van der Waals surface area contributed by atoms with Crippen LogP contribution in [0, 0.1) is 17.3 Å². The molecule has 2 aromatic carbocycles. The lowest BCUT2D eigenvalue weighted by Crippen LogP contribution is -2.34. The minimum Gasteiger partial charge on any atom is -0.493 e. The number of ether oxygens (including phenoxy) is 2. The maximum absolute atomic E-state index is 12.4. The molecule has 3 nitrogen and oxygen atoms in total. The molecule has 0 amide bonds. The lowest BCUT2D eigenvalue weighted by Gasteiger charge is -2.28. The van der Waals surface area contributed by atoms with Crippen LogP contribution in [0.25, 0.3) is 10.8 Å². The van der Waals surface area contributed by atoms with E-state index in [-0.39, 0.29) is 11.4 Å². The second-order valence-electron chi connectivity index (χ2n) is 7.46. The van der Waals surface area contributed by atoms with E-state index in [2.05, 4.69) is 37.3 Å². The van der Waals surface area contributed by atoms with Gasteiger partial charge in [-0.05, 0) is 54.5 Å². The van der Waals surface area contributed by atoms with Crippen LogP contribution < -0.4 is 4.74 Å². The zero-order chi connectivity index (χ0) is 17.3. The van der Waals surface area contributed by atoms with Crippen LogP contribution in [0.1, 0.15) is 26.2 Å². The van der Waals surface area contributed by atoms with E-state index in [0.29, 0.717) is 31.5 Å². The summed E-state index contributed by atoms with van der Waals surface area (Å²) in [4.78, 5) is 12.4. The average molecular weight is 336 g/mol. The molecule has 0 heterocycles. The molecule has 1 saturated carbocycles. The number of rotatable bonds is 6. The fourth-order valence-electron chi connectivity index (χ4n) is 4.17. The van der Waals surface area contributed by atoms with Crippen LogP contribution in [0.5, 0.6) is 5.75 Å². The van der Waals surface area contributed by atoms with Gasteiger partial charge in [-0.15, -0.1) is 0 Å². The number of carbonyl (C=O) groups is 1. The van der Waals surface area contributed by atoms with Gasteiger partial charge in [0.05, 0.1) is 18.6 Å². The standard InChI is InChI=1S/C22H24O3/c1-22(15-16-7-9-19(22)13-16)21(23)25-12-4-11-24-20-10-8-17-5-2-3-6-18(17)14-20/h2-3,5-10,14,16,19H,4,11-13,15H2,1H3. The van der Waals surface area contributed by atoms with Crippen LogP contribution in [0.4, 0.5) is 0 Å². The van der Waals surface area contributed by atoms with Crippen LogP contribution in [-0.2, 0) is 9.53 Å². The van der Waals surface area contributed by atoms with Gasteiger partial charge in [0.15, 0.2) is 0 Å². The van der Waals surface area contributed by atoms with Gasteiger partial charge in [-0.3, -0.25) is 4.79 Å². The number of carbonyl (C=O) groups excluding carboxylic acids is 1. The Hall–Kier alpha value is -2.29. The van der Waals surface area contributed by atoms with Crippen molar-refractivity contribution < 1.29 is 14.3 Å². The van der Waals surface area contributed by atoms with Crippen LogP contribution in [-0.4, -0.2) is 19.2 Å². The average Bonchev–Trinajstić information content (AvgIpc) is 3.22. The largest absolute Gasteiger partial charge is 0.493 e. The molecular formula is C22H24O3. The zero-order valence-corrected chi connectivity index (χ0v) is 14.6. The second-order valence-corrected chi connectivity index (χ2v) is 7.46. The van der Waals surface area contributed by atoms with Crippen molar-refractivity contribution in [2.45, 2.75) is 26.2 Å². The molecule has 3 heteroatoms. The topological polar surface area (TPSA) is 35.5 Å². The molecule has 0 spiro atoms. The van der Waals surface area contributed by atoms with Gasteiger partial charge in [0, 0.05) is 6.42 Å². The van der Waals surface area contributed by atoms with Crippen LogP contribution in [0.2, 0.25) is 0 Å². The Kier molecular flexibility index (Phi) is 4.24. The molecule has 2 aliphatic carbocycles. The Morgan fingerprint density at radius 3 is 2.72 bits per heavy atom. The van der Waals surface area contributed by atoms with Gasteiger partial charge < -0.3 is 9.47 Å². The normalized spacial score (nSPS) is 26.9. The molecular weight excluding hydrogens is 312 g/mol. The Morgan fingerprint density at radius 1 is 1.12 bits per heavy atom. The van der Waals surface area contributed by atoms with E-state index in [4.69, 9.17) is 9.47 Å². The third-order valence-corrected chi connectivity index (χ3v) is 5.65. The van der Waals surface area contributed by atoms with Crippen molar-refractivity contribution in [3.05, 3.63) is 54.6 Å². The summed E-state index contributed by atoms with van der Waals surface area (Å²) >= 11 is 0. The Labute approximate surface area is 148 Å². The van der Waals surface area contributed by atoms with E-state index in [9.17, 15) is 4.79 Å². The first-order valence-corrected chi connectivity index (χ1v) is 9.12. The van der Waals surface area contributed by atoms with Crippen LogP contribution in [0.3, 0.4) is 0 Å². The summed E-state index contributed by atoms with van der Waals surface area (Å²) in [5.74, 6) is 1.74. The molecule has 1 fully saturated rings. The summed E-state index contributed by atoms with van der Waals surface area (Å²) in [6, 6.07) is 14.3. The molecule has 0 saturated heterocycles. The molecule has 4 rings (SSSR count). The molecule has 25 heavy (non-hydrogen) atoms. The highest BCUT2D eigenvalue weighted by Gasteiger charge is 2.50. The van der Waals surface area contributed by atoms with E-state index in [1.54, 1.807) is 0 Å². The third kappa shape index (κ3) is 3.15. The predicted molar refractivity (Wildman–Crippen MR) is 98.5 cm³/mol. The van der Waals surface area contributed by atoms with Gasteiger partial charge in [-0.2, -0.15) is 0 Å². The lowest BCUT2D eigenvalue weighted by molar-refractivity contribution is -0.156. The molecule has 0 radical (unpaired) electrons. The number of fused-ring (bicyclic) bond motifs is 3. The van der Waals surface area contributed by atoms with Crippen molar-refractivity contribution >= 4 is 16.7 Å². The quantitative estimate of drug-likeness (QED) is 0.434. The maximum atomic E-state index is 12.4. The summed E-state index contributed by atoms with van der Waals surface area (Å²) in [7, 11) is 0. The first-order valence-electron chi connectivity index (χ1n) is 9.12. The summed E-state index contributed by atoms with van der Waals surface area (Å²) in [6.07, 6.45) is 7.19. The van der Waals surface area contributed by atoms with Crippen LogP contribution in [0.15, 0.2) is 54.6 Å². The van der Waals surface area contributed by atoms with E-state index in [0.717, 1.165) is 18.6 Å². The van der Waals surface area contributed by atoms with E-state index < -0.39 is 0 Å². The Balaban J connectivity index is 1.23. The van der Waals surface area contributed by atoms with Gasteiger partial charge >= 0.3 is 5.97 Å².